The first-order chi connectivity index (χ1) is 13.9. The minimum atomic E-state index is -0.287. The zero-order valence-corrected chi connectivity index (χ0v) is 18.9. The minimum Gasteiger partial charge on any atom is -0.495 e. The second-order valence-electron chi connectivity index (χ2n) is 5.52. The van der Waals surface area contributed by atoms with E-state index in [1.807, 2.05) is 6.07 Å². The lowest BCUT2D eigenvalue weighted by Gasteiger charge is -2.09. The lowest BCUT2D eigenvalue weighted by Crippen LogP contribution is -2.14. The van der Waals surface area contributed by atoms with Crippen molar-refractivity contribution in [3.63, 3.8) is 0 Å². The Bertz CT molecular complexity index is 1050. The van der Waals surface area contributed by atoms with Gasteiger partial charge in [-0.15, -0.1) is 10.2 Å². The Labute approximate surface area is 188 Å². The Hall–Kier alpha value is -2.14. The summed E-state index contributed by atoms with van der Waals surface area (Å²) in [5.74, 6) is 0.0978. The summed E-state index contributed by atoms with van der Waals surface area (Å²) in [7, 11) is 1.51. The van der Waals surface area contributed by atoms with E-state index in [-0.39, 0.29) is 17.6 Å². The van der Waals surface area contributed by atoms with Crippen LogP contribution in [0.3, 0.4) is 0 Å². The maximum Gasteiger partial charge on any atom is 0.257 e. The van der Waals surface area contributed by atoms with Crippen LogP contribution in [0.25, 0.3) is 0 Å². The molecule has 3 rings (SSSR count). The largest absolute Gasteiger partial charge is 0.495 e. The summed E-state index contributed by atoms with van der Waals surface area (Å²) in [5.41, 5.74) is 0.989. The maximum atomic E-state index is 12.2. The number of halogens is 2. The molecule has 0 radical (unpaired) electrons. The van der Waals surface area contributed by atoms with Crippen molar-refractivity contribution >= 4 is 73.3 Å². The molecular formula is C18H14BrClN4O3S2. The number of rotatable bonds is 7. The van der Waals surface area contributed by atoms with E-state index in [2.05, 4.69) is 36.8 Å². The number of methoxy groups -OCH3 is 1. The van der Waals surface area contributed by atoms with Gasteiger partial charge in [0.1, 0.15) is 5.75 Å². The molecule has 1 heterocycles. The minimum absolute atomic E-state index is 0.115. The molecule has 0 spiro atoms. The Morgan fingerprint density at radius 3 is 2.79 bits per heavy atom. The highest BCUT2D eigenvalue weighted by Crippen LogP contribution is 2.29. The lowest BCUT2D eigenvalue weighted by molar-refractivity contribution is -0.113. The van der Waals surface area contributed by atoms with Crippen molar-refractivity contribution in [3.8, 4) is 5.75 Å². The van der Waals surface area contributed by atoms with Crippen LogP contribution in [-0.4, -0.2) is 34.9 Å². The fourth-order valence-corrected chi connectivity index (χ4v) is 4.33. The highest BCUT2D eigenvalue weighted by atomic mass is 79.9. The average Bonchev–Trinajstić information content (AvgIpc) is 3.14. The standard InChI is InChI=1S/C18H14BrClN4O3S2/c1-27-14-6-5-12(20)8-13(14)21-15(25)9-28-18-24-23-17(29-18)22-16(26)10-3-2-4-11(19)7-10/h2-8H,9H2,1H3,(H,21,25)(H,22,23,26). The first kappa shape index (κ1) is 21.6. The quantitative estimate of drug-likeness (QED) is 0.343. The van der Waals surface area contributed by atoms with Crippen LogP contribution >= 0.6 is 50.6 Å². The van der Waals surface area contributed by atoms with Gasteiger partial charge >= 0.3 is 0 Å². The molecule has 2 aromatic carbocycles. The van der Waals surface area contributed by atoms with Gasteiger partial charge in [-0.3, -0.25) is 14.9 Å². The predicted octanol–water partition coefficient (Wildman–Crippen LogP) is 4.95. The third kappa shape index (κ3) is 6.17. The van der Waals surface area contributed by atoms with E-state index in [4.69, 9.17) is 16.3 Å². The van der Waals surface area contributed by atoms with E-state index in [0.717, 1.165) is 4.47 Å². The topological polar surface area (TPSA) is 93.2 Å². The molecule has 3 aromatic rings. The van der Waals surface area contributed by atoms with Crippen LogP contribution in [0, 0.1) is 0 Å². The summed E-state index contributed by atoms with van der Waals surface area (Å²) < 4.78 is 6.57. The van der Waals surface area contributed by atoms with Gasteiger partial charge in [-0.05, 0) is 36.4 Å². The fourth-order valence-electron chi connectivity index (χ4n) is 2.21. The summed E-state index contributed by atoms with van der Waals surface area (Å²) in [6, 6.07) is 12.0. The van der Waals surface area contributed by atoms with E-state index in [1.165, 1.54) is 30.2 Å². The molecular weight excluding hydrogens is 500 g/mol. The average molecular weight is 514 g/mol. The number of ether oxygens (including phenoxy) is 1. The number of nitrogens with one attached hydrogen (secondary N) is 2. The number of aromatic nitrogens is 2. The van der Waals surface area contributed by atoms with Gasteiger partial charge < -0.3 is 10.1 Å². The van der Waals surface area contributed by atoms with Crippen molar-refractivity contribution in [3.05, 3.63) is 57.5 Å². The van der Waals surface area contributed by atoms with Crippen LogP contribution in [-0.2, 0) is 4.79 Å². The molecule has 150 valence electrons. The first-order valence-electron chi connectivity index (χ1n) is 8.11. The smallest absolute Gasteiger partial charge is 0.257 e. The summed E-state index contributed by atoms with van der Waals surface area (Å²) in [6.45, 7) is 0. The van der Waals surface area contributed by atoms with Crippen molar-refractivity contribution in [1.82, 2.24) is 10.2 Å². The number of benzene rings is 2. The van der Waals surface area contributed by atoms with Crippen LogP contribution in [0.15, 0.2) is 51.3 Å². The molecule has 2 N–H and O–H groups in total. The SMILES string of the molecule is COc1ccc(Cl)cc1NC(=O)CSc1nnc(NC(=O)c2cccc(Br)c2)s1. The number of thioether (sulfide) groups is 1. The van der Waals surface area contributed by atoms with E-state index in [0.29, 0.717) is 31.5 Å². The highest BCUT2D eigenvalue weighted by Gasteiger charge is 2.13. The molecule has 11 heteroatoms. The van der Waals surface area contributed by atoms with Crippen molar-refractivity contribution in [1.29, 1.82) is 0 Å². The second-order valence-corrected chi connectivity index (χ2v) is 9.07. The molecule has 0 bridgehead atoms. The third-order valence-electron chi connectivity index (χ3n) is 3.48. The number of anilines is 2. The van der Waals surface area contributed by atoms with Crippen molar-refractivity contribution in [2.45, 2.75) is 4.34 Å². The number of hydrogen-bond donors (Lipinski definition) is 2. The van der Waals surface area contributed by atoms with Gasteiger partial charge in [0.25, 0.3) is 5.91 Å². The third-order valence-corrected chi connectivity index (χ3v) is 6.18. The van der Waals surface area contributed by atoms with Gasteiger partial charge in [0.05, 0.1) is 18.6 Å². The van der Waals surface area contributed by atoms with Gasteiger partial charge in [-0.2, -0.15) is 0 Å². The van der Waals surface area contributed by atoms with E-state index >= 15 is 0 Å². The van der Waals surface area contributed by atoms with Gasteiger partial charge in [-0.1, -0.05) is 56.7 Å². The van der Waals surface area contributed by atoms with Gasteiger partial charge in [0.2, 0.25) is 11.0 Å². The van der Waals surface area contributed by atoms with Crippen LogP contribution in [0.1, 0.15) is 10.4 Å². The summed E-state index contributed by atoms with van der Waals surface area (Å²) >= 11 is 11.7. The van der Waals surface area contributed by atoms with Crippen LogP contribution in [0.2, 0.25) is 5.02 Å². The molecule has 0 aliphatic rings. The van der Waals surface area contributed by atoms with E-state index < -0.39 is 0 Å². The molecule has 1 aromatic heterocycles. The predicted molar refractivity (Wildman–Crippen MR) is 119 cm³/mol. The van der Waals surface area contributed by atoms with E-state index in [9.17, 15) is 9.59 Å². The first-order valence-corrected chi connectivity index (χ1v) is 11.1. The summed E-state index contributed by atoms with van der Waals surface area (Å²) in [4.78, 5) is 24.5. The second kappa shape index (κ2) is 10.1. The van der Waals surface area contributed by atoms with Crippen LogP contribution in [0.4, 0.5) is 10.8 Å². The molecule has 0 unspecified atom stereocenters. The number of hydrogen-bond acceptors (Lipinski definition) is 7. The molecule has 0 saturated carbocycles. The molecule has 0 fully saturated rings. The zero-order chi connectivity index (χ0) is 20.8. The molecule has 7 nitrogen and oxygen atoms in total. The molecule has 0 atom stereocenters. The number of carbonyl (C=O) groups is 2. The molecule has 0 aliphatic heterocycles. The van der Waals surface area contributed by atoms with Gasteiger partial charge in [0.15, 0.2) is 4.34 Å². The van der Waals surface area contributed by atoms with Gasteiger partial charge in [0, 0.05) is 15.1 Å². The normalized spacial score (nSPS) is 10.4. The Morgan fingerprint density at radius 1 is 1.21 bits per heavy atom. The number of amides is 2. The number of nitrogens with zero attached hydrogens (tertiary/aromatic N) is 2. The summed E-state index contributed by atoms with van der Waals surface area (Å²) in [6.07, 6.45) is 0. The lowest BCUT2D eigenvalue weighted by atomic mass is 10.2. The van der Waals surface area contributed by atoms with Crippen molar-refractivity contribution in [2.75, 3.05) is 23.5 Å². The monoisotopic (exact) mass is 512 g/mol. The highest BCUT2D eigenvalue weighted by molar-refractivity contribution is 9.10. The molecule has 0 saturated heterocycles. The Balaban J connectivity index is 1.54. The molecule has 0 aliphatic carbocycles. The Morgan fingerprint density at radius 2 is 2.03 bits per heavy atom. The van der Waals surface area contributed by atoms with Crippen LogP contribution in [0.5, 0.6) is 5.75 Å². The fraction of sp³-hybridized carbons (Fsp3) is 0.111. The molecule has 2 amide bonds. The number of carbonyl (C=O) groups excluding carboxylic acids is 2. The molecule has 29 heavy (non-hydrogen) atoms. The van der Waals surface area contributed by atoms with Crippen LogP contribution < -0.4 is 15.4 Å². The van der Waals surface area contributed by atoms with E-state index in [1.54, 1.807) is 36.4 Å². The maximum absolute atomic E-state index is 12.2. The van der Waals surface area contributed by atoms with Gasteiger partial charge in [-0.25, -0.2) is 0 Å². The summed E-state index contributed by atoms with van der Waals surface area (Å²) in [5, 5.41) is 14.2. The zero-order valence-electron chi connectivity index (χ0n) is 14.9. The van der Waals surface area contributed by atoms with Crippen molar-refractivity contribution in [2.24, 2.45) is 0 Å². The Kier molecular flexibility index (Phi) is 7.48. The van der Waals surface area contributed by atoms with Crippen molar-refractivity contribution < 1.29 is 14.3 Å².